The number of urea groups is 1. The topological polar surface area (TPSA) is 221 Å². The second-order valence-electron chi connectivity index (χ2n) is 11.2. The van der Waals surface area contributed by atoms with Crippen LogP contribution in [0.2, 0.25) is 5.28 Å². The fraction of sp³-hybridized carbons (Fsp3) is 0.448. The molecule has 2 aliphatic rings. The van der Waals surface area contributed by atoms with E-state index in [2.05, 4.69) is 31.5 Å². The summed E-state index contributed by atoms with van der Waals surface area (Å²) in [4.78, 5) is 51.2. The van der Waals surface area contributed by atoms with Crippen LogP contribution in [-0.2, 0) is 25.5 Å². The van der Waals surface area contributed by atoms with Crippen LogP contribution in [0.4, 0.5) is 16.3 Å². The van der Waals surface area contributed by atoms with Crippen molar-refractivity contribution < 1.29 is 44.3 Å². The number of anilines is 2. The molecule has 0 bridgehead atoms. The minimum atomic E-state index is -2.84. The second-order valence-corrected chi connectivity index (χ2v) is 11.6. The van der Waals surface area contributed by atoms with Gasteiger partial charge in [-0.2, -0.15) is 9.97 Å². The van der Waals surface area contributed by atoms with Gasteiger partial charge in [-0.25, -0.2) is 19.4 Å². The number of aliphatic hydroxyl groups excluding tert-OH is 1. The molecule has 2 amide bonds. The SMILES string of the molecule is C#C[C@@]1(O)[C@@H](COC(Cc2ccc(N3CCCNC3=O)cc2)(C(=O)O)C(=O)O)O[C@@H](n2cnc3c(NC(C)C)nc(Cl)nc32)[C@@H]1O. The fourth-order valence-corrected chi connectivity index (χ4v) is 5.52. The lowest BCUT2D eigenvalue weighted by Crippen LogP contribution is -2.55. The number of imidazole rings is 1. The number of rotatable bonds is 11. The van der Waals surface area contributed by atoms with Crippen LogP contribution < -0.4 is 15.5 Å². The summed E-state index contributed by atoms with van der Waals surface area (Å²) in [6, 6.07) is 5.80. The summed E-state index contributed by atoms with van der Waals surface area (Å²) in [5.41, 5.74) is -4.06. The normalized spacial score (nSPS) is 23.4. The number of nitrogens with zero attached hydrogens (tertiary/aromatic N) is 5. The highest BCUT2D eigenvalue weighted by Crippen LogP contribution is 2.39. The predicted molar refractivity (Wildman–Crippen MR) is 162 cm³/mol. The summed E-state index contributed by atoms with van der Waals surface area (Å²) in [6.45, 7) is 3.94. The summed E-state index contributed by atoms with van der Waals surface area (Å²) in [5.74, 6) is -1.26. The second kappa shape index (κ2) is 12.7. The van der Waals surface area contributed by atoms with Crippen molar-refractivity contribution >= 4 is 52.2 Å². The molecule has 4 heterocycles. The number of amides is 2. The molecule has 244 valence electrons. The first-order valence-corrected chi connectivity index (χ1v) is 14.6. The van der Waals surface area contributed by atoms with Gasteiger partial charge in [0.25, 0.3) is 5.60 Å². The number of carboxylic acids is 2. The number of nitrogens with one attached hydrogen (secondary N) is 2. The minimum absolute atomic E-state index is 0.0430. The molecule has 0 aliphatic carbocycles. The maximum absolute atomic E-state index is 12.5. The minimum Gasteiger partial charge on any atom is -0.479 e. The predicted octanol–water partition coefficient (Wildman–Crippen LogP) is 1.01. The summed E-state index contributed by atoms with van der Waals surface area (Å²) >= 11 is 6.13. The summed E-state index contributed by atoms with van der Waals surface area (Å²) in [7, 11) is 0. The van der Waals surface area contributed by atoms with E-state index in [-0.39, 0.29) is 34.1 Å². The van der Waals surface area contributed by atoms with E-state index in [1.807, 2.05) is 13.8 Å². The Morgan fingerprint density at radius 2 is 1.98 bits per heavy atom. The molecule has 2 fully saturated rings. The standard InChI is InChI=1S/C29H32ClN7O9/c1-4-28(44)18(46-23(20(28)38)37-14-32-19-21(33-15(2)3)34-26(30)35-22(19)37)13-45-29(24(39)40,25(41)42)12-16-6-8-17(9-7-16)36-11-5-10-31-27(36)43/h1,6-9,14-15,18,20,23,38,44H,5,10-13H2,2-3H3,(H,31,43)(H,39,40)(H,41,42)(H,33,34,35)/t18-,20+,23-,28-/m1/s1. The molecule has 16 nitrogen and oxygen atoms in total. The summed E-state index contributed by atoms with van der Waals surface area (Å²) < 4.78 is 12.7. The number of hydrogen-bond acceptors (Lipinski definition) is 11. The molecule has 46 heavy (non-hydrogen) atoms. The monoisotopic (exact) mass is 657 g/mol. The Morgan fingerprint density at radius 3 is 2.59 bits per heavy atom. The van der Waals surface area contributed by atoms with Crippen LogP contribution in [0.5, 0.6) is 0 Å². The molecular formula is C29H32ClN7O9. The molecule has 5 rings (SSSR count). The van der Waals surface area contributed by atoms with Gasteiger partial charge in [-0.05, 0) is 49.6 Å². The number of fused-ring (bicyclic) bond motifs is 1. The first-order valence-electron chi connectivity index (χ1n) is 14.3. The van der Waals surface area contributed by atoms with E-state index in [1.165, 1.54) is 27.9 Å². The molecule has 0 unspecified atom stereocenters. The zero-order valence-corrected chi connectivity index (χ0v) is 25.5. The number of carbonyl (C=O) groups excluding carboxylic acids is 1. The van der Waals surface area contributed by atoms with Crippen molar-refractivity contribution in [1.82, 2.24) is 24.8 Å². The lowest BCUT2D eigenvalue weighted by molar-refractivity contribution is -0.191. The number of hydrogen-bond donors (Lipinski definition) is 6. The third-order valence-electron chi connectivity index (χ3n) is 7.79. The highest BCUT2D eigenvalue weighted by molar-refractivity contribution is 6.28. The number of aromatic nitrogens is 4. The lowest BCUT2D eigenvalue weighted by Gasteiger charge is -2.30. The number of terminal acetylenes is 1. The number of halogens is 1. The van der Waals surface area contributed by atoms with Crippen molar-refractivity contribution in [3.8, 4) is 12.3 Å². The Kier molecular flexibility index (Phi) is 9.07. The van der Waals surface area contributed by atoms with Crippen molar-refractivity contribution in [1.29, 1.82) is 0 Å². The third kappa shape index (κ3) is 5.90. The molecule has 3 aromatic rings. The average molecular weight is 658 g/mol. The van der Waals surface area contributed by atoms with Crippen LogP contribution in [0.25, 0.3) is 11.2 Å². The summed E-state index contributed by atoms with van der Waals surface area (Å²) in [5, 5.41) is 48.3. The number of carbonyl (C=O) groups is 3. The number of ether oxygens (including phenoxy) is 2. The highest BCUT2D eigenvalue weighted by atomic mass is 35.5. The van der Waals surface area contributed by atoms with Crippen LogP contribution in [0.15, 0.2) is 30.6 Å². The molecule has 2 aromatic heterocycles. The molecule has 6 N–H and O–H groups in total. The third-order valence-corrected chi connectivity index (χ3v) is 7.96. The Labute approximate surface area is 267 Å². The van der Waals surface area contributed by atoms with Crippen LogP contribution in [0.3, 0.4) is 0 Å². The van der Waals surface area contributed by atoms with Crippen molar-refractivity contribution in [2.75, 3.05) is 29.9 Å². The van der Waals surface area contributed by atoms with Crippen molar-refractivity contribution in [2.45, 2.75) is 62.4 Å². The van der Waals surface area contributed by atoms with Crippen molar-refractivity contribution in [2.24, 2.45) is 0 Å². The van der Waals surface area contributed by atoms with Gasteiger partial charge in [-0.3, -0.25) is 9.47 Å². The first kappa shape index (κ1) is 32.9. The molecule has 4 atom stereocenters. The van der Waals surface area contributed by atoms with Crippen LogP contribution in [0, 0.1) is 12.3 Å². The van der Waals surface area contributed by atoms with Gasteiger partial charge in [0.1, 0.15) is 12.2 Å². The molecule has 1 aromatic carbocycles. The number of aliphatic carboxylic acids is 2. The van der Waals surface area contributed by atoms with Gasteiger partial charge in [0.15, 0.2) is 28.8 Å². The summed E-state index contributed by atoms with van der Waals surface area (Å²) in [6.07, 6.45) is 2.15. The van der Waals surface area contributed by atoms with E-state index in [0.717, 1.165) is 6.42 Å². The van der Waals surface area contributed by atoms with Gasteiger partial charge in [0, 0.05) is 31.2 Å². The number of carboxylic acid groups (broad SMARTS) is 2. The van der Waals surface area contributed by atoms with Crippen molar-refractivity contribution in [3.63, 3.8) is 0 Å². The van der Waals surface area contributed by atoms with E-state index in [0.29, 0.717) is 24.6 Å². The van der Waals surface area contributed by atoms with E-state index in [1.54, 1.807) is 12.1 Å². The smallest absolute Gasteiger partial charge is 0.348 e. The quantitative estimate of drug-likeness (QED) is 0.0964. The molecule has 2 aliphatic heterocycles. The zero-order chi connectivity index (χ0) is 33.4. The Hall–Kier alpha value is -4.53. The van der Waals surface area contributed by atoms with E-state index >= 15 is 0 Å². The molecule has 0 saturated carbocycles. The maximum atomic E-state index is 12.5. The van der Waals surface area contributed by atoms with Gasteiger partial charge < -0.3 is 40.5 Å². The maximum Gasteiger partial charge on any atom is 0.348 e. The first-order chi connectivity index (χ1) is 21.8. The molecular weight excluding hydrogens is 626 g/mol. The fourth-order valence-electron chi connectivity index (χ4n) is 5.36. The number of benzene rings is 1. The van der Waals surface area contributed by atoms with Gasteiger partial charge in [0.05, 0.1) is 12.9 Å². The van der Waals surface area contributed by atoms with Gasteiger partial charge >= 0.3 is 18.0 Å². The van der Waals surface area contributed by atoms with Gasteiger partial charge in [-0.1, -0.05) is 18.1 Å². The molecule has 0 radical (unpaired) electrons. The zero-order valence-electron chi connectivity index (χ0n) is 24.8. The molecule has 2 saturated heterocycles. The van der Waals surface area contributed by atoms with Crippen LogP contribution >= 0.6 is 11.6 Å². The van der Waals surface area contributed by atoms with Crippen molar-refractivity contribution in [3.05, 3.63) is 41.4 Å². The largest absolute Gasteiger partial charge is 0.479 e. The van der Waals surface area contributed by atoms with Gasteiger partial charge in [0.2, 0.25) is 5.28 Å². The lowest BCUT2D eigenvalue weighted by atomic mass is 9.91. The molecule has 0 spiro atoms. The molecule has 17 heteroatoms. The van der Waals surface area contributed by atoms with E-state index in [4.69, 9.17) is 27.5 Å². The van der Waals surface area contributed by atoms with Gasteiger partial charge in [-0.15, -0.1) is 6.42 Å². The average Bonchev–Trinajstić information content (AvgIpc) is 3.53. The number of aliphatic hydroxyl groups is 2. The van der Waals surface area contributed by atoms with E-state index in [9.17, 15) is 34.8 Å². The van der Waals surface area contributed by atoms with E-state index < -0.39 is 54.6 Å². The Balaban J connectivity index is 1.40. The Morgan fingerprint density at radius 1 is 1.28 bits per heavy atom. The van der Waals surface area contributed by atoms with Crippen LogP contribution in [0.1, 0.15) is 32.1 Å². The van der Waals surface area contributed by atoms with Crippen LogP contribution in [-0.4, -0.2) is 107 Å². The highest BCUT2D eigenvalue weighted by Gasteiger charge is 2.58. The Bertz CT molecular complexity index is 1680.